The highest BCUT2D eigenvalue weighted by Crippen LogP contribution is 2.12. The Bertz CT molecular complexity index is 776. The molecule has 0 fully saturated rings. The molecule has 0 unspecified atom stereocenters. The molecule has 1 amide bonds. The van der Waals surface area contributed by atoms with Gasteiger partial charge in [0.15, 0.2) is 6.61 Å². The average molecular weight is 348 g/mol. The molecule has 0 atom stereocenters. The van der Waals surface area contributed by atoms with E-state index in [1.54, 1.807) is 36.4 Å². The van der Waals surface area contributed by atoms with Crippen LogP contribution < -0.4 is 14.8 Å². The van der Waals surface area contributed by atoms with Crippen LogP contribution in [0.1, 0.15) is 5.56 Å². The summed E-state index contributed by atoms with van der Waals surface area (Å²) in [5.41, 5.74) is 1.53. The van der Waals surface area contributed by atoms with Crippen LogP contribution in [-0.2, 0) is 14.8 Å². The maximum atomic E-state index is 11.9. The van der Waals surface area contributed by atoms with Gasteiger partial charge in [0, 0.05) is 12.2 Å². The number of benzene rings is 2. The number of aryl methyl sites for hydroxylation is 1. The molecule has 24 heavy (non-hydrogen) atoms. The summed E-state index contributed by atoms with van der Waals surface area (Å²) >= 11 is 0. The molecular formula is C17H20N2O4S. The molecule has 0 saturated carbocycles. The fourth-order valence-electron chi connectivity index (χ4n) is 1.97. The Kier molecular flexibility index (Phi) is 6.20. The van der Waals surface area contributed by atoms with Gasteiger partial charge < -0.3 is 10.1 Å². The summed E-state index contributed by atoms with van der Waals surface area (Å²) in [6.07, 6.45) is 0. The molecule has 0 spiro atoms. The molecule has 0 heterocycles. The molecule has 2 N–H and O–H groups in total. The van der Waals surface area contributed by atoms with E-state index in [1.165, 1.54) is 0 Å². The van der Waals surface area contributed by atoms with Gasteiger partial charge in [0.25, 0.3) is 5.91 Å². The summed E-state index contributed by atoms with van der Waals surface area (Å²) in [6.45, 7) is 1.78. The second kappa shape index (κ2) is 8.35. The molecule has 2 aromatic rings. The molecule has 0 aliphatic rings. The van der Waals surface area contributed by atoms with E-state index in [-0.39, 0.29) is 24.8 Å². The highest BCUT2D eigenvalue weighted by atomic mass is 32.2. The number of para-hydroxylation sites is 1. The highest BCUT2D eigenvalue weighted by molar-refractivity contribution is 7.92. The van der Waals surface area contributed by atoms with Gasteiger partial charge in [-0.2, -0.15) is 0 Å². The fourth-order valence-corrected chi connectivity index (χ4v) is 2.93. The van der Waals surface area contributed by atoms with Gasteiger partial charge >= 0.3 is 0 Å². The van der Waals surface area contributed by atoms with Crippen molar-refractivity contribution in [3.8, 4) is 5.75 Å². The molecule has 0 radical (unpaired) electrons. The lowest BCUT2D eigenvalue weighted by Gasteiger charge is -2.10. The average Bonchev–Trinajstić information content (AvgIpc) is 2.53. The number of carbonyl (C=O) groups excluding carboxylic acids is 1. The van der Waals surface area contributed by atoms with E-state index in [2.05, 4.69) is 10.0 Å². The second-order valence-corrected chi connectivity index (χ2v) is 7.08. The monoisotopic (exact) mass is 348 g/mol. The van der Waals surface area contributed by atoms with Crippen LogP contribution in [0.2, 0.25) is 0 Å². The lowest BCUT2D eigenvalue weighted by atomic mass is 10.2. The Morgan fingerprint density at radius 3 is 2.54 bits per heavy atom. The number of anilines is 1. The van der Waals surface area contributed by atoms with Crippen molar-refractivity contribution in [2.24, 2.45) is 0 Å². The molecular weight excluding hydrogens is 328 g/mol. The Balaban J connectivity index is 1.72. The maximum Gasteiger partial charge on any atom is 0.257 e. The first-order valence-electron chi connectivity index (χ1n) is 7.46. The SMILES string of the molecule is Cc1cccc(OCC(=O)NCCS(=O)(=O)Nc2ccccc2)c1. The van der Waals surface area contributed by atoms with Crippen LogP contribution in [0.15, 0.2) is 54.6 Å². The number of rotatable bonds is 8. The van der Waals surface area contributed by atoms with Crippen LogP contribution in [0.4, 0.5) is 5.69 Å². The first kappa shape index (κ1) is 17.8. The van der Waals surface area contributed by atoms with Crippen LogP contribution in [0.5, 0.6) is 5.75 Å². The summed E-state index contributed by atoms with van der Waals surface area (Å²) < 4.78 is 31.6. The summed E-state index contributed by atoms with van der Waals surface area (Å²) in [7, 11) is -3.51. The van der Waals surface area contributed by atoms with E-state index in [0.717, 1.165) is 5.56 Å². The van der Waals surface area contributed by atoms with Gasteiger partial charge in [-0.15, -0.1) is 0 Å². The summed E-state index contributed by atoms with van der Waals surface area (Å²) in [5, 5.41) is 2.53. The van der Waals surface area contributed by atoms with Gasteiger partial charge in [0.1, 0.15) is 5.75 Å². The van der Waals surface area contributed by atoms with Crippen molar-refractivity contribution >= 4 is 21.6 Å². The summed E-state index contributed by atoms with van der Waals surface area (Å²) in [4.78, 5) is 11.7. The van der Waals surface area contributed by atoms with Gasteiger partial charge in [-0.25, -0.2) is 8.42 Å². The number of nitrogens with one attached hydrogen (secondary N) is 2. The van der Waals surface area contributed by atoms with E-state index < -0.39 is 10.0 Å². The molecule has 0 aromatic heterocycles. The standard InChI is InChI=1S/C17H20N2O4S/c1-14-6-5-9-16(12-14)23-13-17(20)18-10-11-24(21,22)19-15-7-3-2-4-8-15/h2-9,12,19H,10-11,13H2,1H3,(H,18,20). The zero-order valence-corrected chi connectivity index (χ0v) is 14.2. The third-order valence-electron chi connectivity index (χ3n) is 3.10. The molecule has 0 aliphatic heterocycles. The molecule has 2 rings (SSSR count). The number of hydrogen-bond donors (Lipinski definition) is 2. The zero-order valence-electron chi connectivity index (χ0n) is 13.4. The number of sulfonamides is 1. The number of amides is 1. The van der Waals surface area contributed by atoms with Crippen LogP contribution in [0, 0.1) is 6.92 Å². The quantitative estimate of drug-likeness (QED) is 0.763. The van der Waals surface area contributed by atoms with E-state index in [0.29, 0.717) is 11.4 Å². The summed E-state index contributed by atoms with van der Waals surface area (Å²) in [5.74, 6) is 0.0212. The second-order valence-electron chi connectivity index (χ2n) is 5.24. The van der Waals surface area contributed by atoms with E-state index >= 15 is 0 Å². The van der Waals surface area contributed by atoms with Crippen LogP contribution >= 0.6 is 0 Å². The Labute approximate surface area is 141 Å². The first-order chi connectivity index (χ1) is 11.4. The van der Waals surface area contributed by atoms with Gasteiger partial charge in [-0.05, 0) is 36.8 Å². The Hall–Kier alpha value is -2.54. The van der Waals surface area contributed by atoms with Gasteiger partial charge in [0.05, 0.1) is 5.75 Å². The third kappa shape index (κ3) is 6.29. The van der Waals surface area contributed by atoms with Crippen molar-refractivity contribution in [2.45, 2.75) is 6.92 Å². The lowest BCUT2D eigenvalue weighted by molar-refractivity contribution is -0.122. The first-order valence-corrected chi connectivity index (χ1v) is 9.11. The largest absolute Gasteiger partial charge is 0.484 e. The minimum Gasteiger partial charge on any atom is -0.484 e. The molecule has 6 nitrogen and oxygen atoms in total. The lowest BCUT2D eigenvalue weighted by Crippen LogP contribution is -2.34. The Morgan fingerprint density at radius 2 is 1.83 bits per heavy atom. The van der Waals surface area contributed by atoms with E-state index in [4.69, 9.17) is 4.74 Å². The zero-order chi connectivity index (χ0) is 17.4. The van der Waals surface area contributed by atoms with Crippen molar-refractivity contribution in [3.05, 3.63) is 60.2 Å². The number of hydrogen-bond acceptors (Lipinski definition) is 4. The van der Waals surface area contributed by atoms with Gasteiger partial charge in [-0.3, -0.25) is 9.52 Å². The molecule has 128 valence electrons. The highest BCUT2D eigenvalue weighted by Gasteiger charge is 2.11. The van der Waals surface area contributed by atoms with E-state index in [1.807, 2.05) is 25.1 Å². The molecule has 7 heteroatoms. The fraction of sp³-hybridized carbons (Fsp3) is 0.235. The third-order valence-corrected chi connectivity index (χ3v) is 4.39. The predicted octanol–water partition coefficient (Wildman–Crippen LogP) is 1.93. The topological polar surface area (TPSA) is 84.5 Å². The minimum atomic E-state index is -3.51. The van der Waals surface area contributed by atoms with Crippen molar-refractivity contribution in [1.29, 1.82) is 0 Å². The number of carbonyl (C=O) groups is 1. The van der Waals surface area contributed by atoms with Crippen LogP contribution in [0.25, 0.3) is 0 Å². The van der Waals surface area contributed by atoms with Gasteiger partial charge in [0.2, 0.25) is 10.0 Å². The van der Waals surface area contributed by atoms with Crippen molar-refractivity contribution in [3.63, 3.8) is 0 Å². The maximum absolute atomic E-state index is 11.9. The predicted molar refractivity (Wildman–Crippen MR) is 93.5 cm³/mol. The van der Waals surface area contributed by atoms with E-state index in [9.17, 15) is 13.2 Å². The summed E-state index contributed by atoms with van der Waals surface area (Å²) in [6, 6.07) is 15.9. The van der Waals surface area contributed by atoms with Crippen molar-refractivity contribution in [2.75, 3.05) is 23.6 Å². The Morgan fingerprint density at radius 1 is 1.08 bits per heavy atom. The van der Waals surface area contributed by atoms with Gasteiger partial charge in [-0.1, -0.05) is 30.3 Å². The number of ether oxygens (including phenoxy) is 1. The molecule has 0 aliphatic carbocycles. The molecule has 0 bridgehead atoms. The normalized spacial score (nSPS) is 10.9. The molecule has 0 saturated heterocycles. The van der Waals surface area contributed by atoms with Crippen molar-refractivity contribution < 1.29 is 17.9 Å². The smallest absolute Gasteiger partial charge is 0.257 e. The molecule has 2 aromatic carbocycles. The van der Waals surface area contributed by atoms with Crippen LogP contribution in [0.3, 0.4) is 0 Å². The minimum absolute atomic E-state index is 0.0121. The van der Waals surface area contributed by atoms with Crippen LogP contribution in [-0.4, -0.2) is 33.2 Å². The van der Waals surface area contributed by atoms with Crippen molar-refractivity contribution in [1.82, 2.24) is 5.32 Å².